The Kier molecular flexibility index (Phi) is 5.79. The number of sulfonamides is 1. The lowest BCUT2D eigenvalue weighted by Gasteiger charge is -2.32. The molecule has 27 heavy (non-hydrogen) atoms. The van der Waals surface area contributed by atoms with Gasteiger partial charge in [-0.05, 0) is 36.8 Å². The number of amides is 1. The van der Waals surface area contributed by atoms with Gasteiger partial charge in [0.1, 0.15) is 6.10 Å². The average Bonchev–Trinajstić information content (AvgIpc) is 2.67. The first kappa shape index (κ1) is 19.3. The van der Waals surface area contributed by atoms with Crippen LogP contribution in [-0.2, 0) is 26.0 Å². The van der Waals surface area contributed by atoms with E-state index >= 15 is 0 Å². The molecular weight excluding hydrogens is 368 g/mol. The van der Waals surface area contributed by atoms with Crippen LogP contribution in [0.3, 0.4) is 0 Å². The van der Waals surface area contributed by atoms with Gasteiger partial charge in [0, 0.05) is 19.2 Å². The van der Waals surface area contributed by atoms with E-state index in [1.807, 2.05) is 12.1 Å². The fourth-order valence-electron chi connectivity index (χ4n) is 2.92. The highest BCUT2D eigenvalue weighted by Gasteiger charge is 2.30. The summed E-state index contributed by atoms with van der Waals surface area (Å²) in [7, 11) is -2.02. The first-order valence-corrected chi connectivity index (χ1v) is 10.1. The van der Waals surface area contributed by atoms with Crippen LogP contribution in [0.1, 0.15) is 24.2 Å². The van der Waals surface area contributed by atoms with Crippen molar-refractivity contribution in [2.24, 2.45) is 0 Å². The Bertz CT molecular complexity index is 915. The molecule has 7 nitrogen and oxygen atoms in total. The maximum Gasteiger partial charge on any atom is 0.414 e. The summed E-state index contributed by atoms with van der Waals surface area (Å²) in [4.78, 5) is 13.9. The Morgan fingerprint density at radius 3 is 2.63 bits per heavy atom. The standard InChI is InChI=1S/C19H22N2O5S/c1-14-17-12-15(13-20-27(23,24)16-6-4-3-5-7-16)8-9-18(17)21(10-11-25-2)19(22)26-14/h3-9,12,14,20H,10-11,13H2,1-2H3. The number of fused-ring (bicyclic) bond motifs is 1. The number of hydrogen-bond acceptors (Lipinski definition) is 5. The highest BCUT2D eigenvalue weighted by atomic mass is 32.2. The maximum absolute atomic E-state index is 12.4. The molecule has 0 saturated carbocycles. The number of carbonyl (C=O) groups is 1. The van der Waals surface area contributed by atoms with E-state index < -0.39 is 22.2 Å². The molecule has 3 rings (SSSR count). The fourth-order valence-corrected chi connectivity index (χ4v) is 3.96. The van der Waals surface area contributed by atoms with Gasteiger partial charge in [0.25, 0.3) is 0 Å². The lowest BCUT2D eigenvalue weighted by atomic mass is 10.0. The number of cyclic esters (lactones) is 1. The molecule has 1 heterocycles. The maximum atomic E-state index is 12.4. The van der Waals surface area contributed by atoms with Crippen molar-refractivity contribution in [1.29, 1.82) is 0 Å². The third kappa shape index (κ3) is 4.29. The summed E-state index contributed by atoms with van der Waals surface area (Å²) >= 11 is 0. The molecular formula is C19H22N2O5S. The summed E-state index contributed by atoms with van der Waals surface area (Å²) in [6.45, 7) is 2.71. The van der Waals surface area contributed by atoms with E-state index in [2.05, 4.69) is 4.72 Å². The van der Waals surface area contributed by atoms with Crippen molar-refractivity contribution in [2.75, 3.05) is 25.2 Å². The van der Waals surface area contributed by atoms with Crippen LogP contribution >= 0.6 is 0 Å². The third-order valence-electron chi connectivity index (χ3n) is 4.36. The second-order valence-electron chi connectivity index (χ2n) is 6.20. The molecule has 2 aromatic rings. The number of carbonyl (C=O) groups excluding carboxylic acids is 1. The number of rotatable bonds is 7. The van der Waals surface area contributed by atoms with E-state index in [4.69, 9.17) is 9.47 Å². The number of benzene rings is 2. The predicted octanol–water partition coefficient (Wildman–Crippen LogP) is 2.83. The summed E-state index contributed by atoms with van der Waals surface area (Å²) in [5.41, 5.74) is 2.37. The zero-order valence-electron chi connectivity index (χ0n) is 15.2. The molecule has 1 amide bonds. The van der Waals surface area contributed by atoms with E-state index in [0.29, 0.717) is 13.2 Å². The van der Waals surface area contributed by atoms with Gasteiger partial charge in [-0.1, -0.05) is 24.3 Å². The number of anilines is 1. The van der Waals surface area contributed by atoms with Crippen molar-refractivity contribution in [3.63, 3.8) is 0 Å². The molecule has 1 atom stereocenters. The molecule has 1 unspecified atom stereocenters. The second-order valence-corrected chi connectivity index (χ2v) is 7.97. The van der Waals surface area contributed by atoms with E-state index in [0.717, 1.165) is 16.8 Å². The molecule has 144 valence electrons. The zero-order chi connectivity index (χ0) is 19.4. The van der Waals surface area contributed by atoms with Crippen LogP contribution in [-0.4, -0.2) is 34.8 Å². The van der Waals surface area contributed by atoms with Crippen molar-refractivity contribution in [3.8, 4) is 0 Å². The Labute approximate surface area is 158 Å². The predicted molar refractivity (Wildman–Crippen MR) is 101 cm³/mol. The molecule has 0 spiro atoms. The van der Waals surface area contributed by atoms with Crippen molar-refractivity contribution in [1.82, 2.24) is 4.72 Å². The monoisotopic (exact) mass is 390 g/mol. The van der Waals surface area contributed by atoms with Crippen molar-refractivity contribution < 1.29 is 22.7 Å². The fraction of sp³-hybridized carbons (Fsp3) is 0.316. The van der Waals surface area contributed by atoms with E-state index in [-0.39, 0.29) is 11.4 Å². The van der Waals surface area contributed by atoms with Gasteiger partial charge in [-0.3, -0.25) is 4.90 Å². The van der Waals surface area contributed by atoms with Crippen LogP contribution in [0, 0.1) is 0 Å². The number of nitrogens with zero attached hydrogens (tertiary/aromatic N) is 1. The summed E-state index contributed by atoms with van der Waals surface area (Å²) in [6.07, 6.45) is -0.818. The molecule has 1 aliphatic heterocycles. The van der Waals surface area contributed by atoms with Crippen molar-refractivity contribution >= 4 is 21.8 Å². The van der Waals surface area contributed by atoms with Crippen LogP contribution in [0.15, 0.2) is 53.4 Å². The normalized spacial score (nSPS) is 16.7. The van der Waals surface area contributed by atoms with Crippen LogP contribution in [0.2, 0.25) is 0 Å². The lowest BCUT2D eigenvalue weighted by molar-refractivity contribution is 0.105. The van der Waals surface area contributed by atoms with Gasteiger partial charge in [-0.15, -0.1) is 0 Å². The quantitative estimate of drug-likeness (QED) is 0.786. The molecule has 0 aromatic heterocycles. The molecule has 1 aliphatic rings. The summed E-state index contributed by atoms with van der Waals surface area (Å²) in [6, 6.07) is 13.7. The summed E-state index contributed by atoms with van der Waals surface area (Å²) < 4.78 is 37.8. The molecule has 0 radical (unpaired) electrons. The van der Waals surface area contributed by atoms with Crippen LogP contribution in [0.25, 0.3) is 0 Å². The van der Waals surface area contributed by atoms with Gasteiger partial charge in [0.05, 0.1) is 23.7 Å². The molecule has 8 heteroatoms. The highest BCUT2D eigenvalue weighted by molar-refractivity contribution is 7.89. The Morgan fingerprint density at radius 1 is 1.19 bits per heavy atom. The molecule has 0 bridgehead atoms. The molecule has 0 fully saturated rings. The van der Waals surface area contributed by atoms with Gasteiger partial charge in [0.2, 0.25) is 10.0 Å². The minimum absolute atomic E-state index is 0.142. The summed E-state index contributed by atoms with van der Waals surface area (Å²) in [5, 5.41) is 0. The number of nitrogens with one attached hydrogen (secondary N) is 1. The van der Waals surface area contributed by atoms with Gasteiger partial charge < -0.3 is 9.47 Å². The third-order valence-corrected chi connectivity index (χ3v) is 5.77. The second kappa shape index (κ2) is 8.08. The first-order chi connectivity index (χ1) is 12.9. The lowest BCUT2D eigenvalue weighted by Crippen LogP contribution is -2.39. The highest BCUT2D eigenvalue weighted by Crippen LogP contribution is 2.35. The SMILES string of the molecule is COCCN1C(=O)OC(C)c2cc(CNS(=O)(=O)c3ccccc3)ccc21. The molecule has 0 saturated heterocycles. The number of hydrogen-bond donors (Lipinski definition) is 1. The minimum atomic E-state index is -3.59. The van der Waals surface area contributed by atoms with Crippen LogP contribution in [0.4, 0.5) is 10.5 Å². The van der Waals surface area contributed by atoms with Crippen LogP contribution < -0.4 is 9.62 Å². The van der Waals surface area contributed by atoms with Gasteiger partial charge in [-0.2, -0.15) is 0 Å². The average molecular weight is 390 g/mol. The van der Waals surface area contributed by atoms with Gasteiger partial charge in [-0.25, -0.2) is 17.9 Å². The van der Waals surface area contributed by atoms with E-state index in [1.54, 1.807) is 50.4 Å². The first-order valence-electron chi connectivity index (χ1n) is 8.57. The Morgan fingerprint density at radius 2 is 1.93 bits per heavy atom. The molecule has 1 N–H and O–H groups in total. The Hall–Kier alpha value is -2.42. The minimum Gasteiger partial charge on any atom is -0.441 e. The largest absolute Gasteiger partial charge is 0.441 e. The van der Waals surface area contributed by atoms with E-state index in [9.17, 15) is 13.2 Å². The van der Waals surface area contributed by atoms with Crippen molar-refractivity contribution in [3.05, 3.63) is 59.7 Å². The smallest absolute Gasteiger partial charge is 0.414 e. The number of ether oxygens (including phenoxy) is 2. The van der Waals surface area contributed by atoms with Crippen molar-refractivity contribution in [2.45, 2.75) is 24.5 Å². The van der Waals surface area contributed by atoms with E-state index in [1.165, 1.54) is 4.90 Å². The number of methoxy groups -OCH3 is 1. The van der Waals surface area contributed by atoms with Gasteiger partial charge in [0.15, 0.2) is 0 Å². The van der Waals surface area contributed by atoms with Gasteiger partial charge >= 0.3 is 6.09 Å². The zero-order valence-corrected chi connectivity index (χ0v) is 16.0. The molecule has 0 aliphatic carbocycles. The Balaban J connectivity index is 1.79. The summed E-state index contributed by atoms with van der Waals surface area (Å²) in [5.74, 6) is 0. The topological polar surface area (TPSA) is 84.9 Å². The van der Waals surface area contributed by atoms with Crippen LogP contribution in [0.5, 0.6) is 0 Å². The molecule has 2 aromatic carbocycles.